The number of alkyl halides is 1. The molecule has 0 saturated carbocycles. The number of nitrogens with one attached hydrogen (secondary N) is 1. The van der Waals surface area contributed by atoms with Crippen molar-refractivity contribution in [2.75, 3.05) is 17.7 Å². The van der Waals surface area contributed by atoms with Gasteiger partial charge >= 0.3 is 0 Å². The Bertz CT molecular complexity index is 560. The van der Waals surface area contributed by atoms with Crippen LogP contribution in [0.25, 0.3) is 0 Å². The third-order valence-corrected chi connectivity index (χ3v) is 3.49. The first-order chi connectivity index (χ1) is 10.2. The molecule has 21 heavy (non-hydrogen) atoms. The average molecular weight is 306 g/mol. The highest BCUT2D eigenvalue weighted by Gasteiger charge is 2.04. The normalized spacial score (nSPS) is 12.0. The zero-order valence-electron chi connectivity index (χ0n) is 12.1. The van der Waals surface area contributed by atoms with Crippen LogP contribution in [0.2, 0.25) is 0 Å². The van der Waals surface area contributed by atoms with Gasteiger partial charge in [-0.2, -0.15) is 0 Å². The summed E-state index contributed by atoms with van der Waals surface area (Å²) in [6, 6.07) is 16.0. The van der Waals surface area contributed by atoms with Crippen molar-refractivity contribution in [1.29, 1.82) is 0 Å². The van der Waals surface area contributed by atoms with Crippen molar-refractivity contribution in [1.82, 2.24) is 0 Å². The fraction of sp³-hybridized carbons (Fsp3) is 0.294. The Kier molecular flexibility index (Phi) is 5.90. The van der Waals surface area contributed by atoms with E-state index in [1.807, 2.05) is 55.5 Å². The third kappa shape index (κ3) is 4.96. The van der Waals surface area contributed by atoms with Crippen molar-refractivity contribution in [3.05, 3.63) is 59.7 Å². The van der Waals surface area contributed by atoms with Gasteiger partial charge in [-0.05, 0) is 36.2 Å². The number of halogens is 1. The molecule has 1 unspecified atom stereocenters. The SMILES string of the molecule is Cc1cc(NCC(O)CCl)ccc1OCc1ccccc1. The predicted molar refractivity (Wildman–Crippen MR) is 87.2 cm³/mol. The maximum atomic E-state index is 9.43. The van der Waals surface area contributed by atoms with Crippen molar-refractivity contribution in [3.63, 3.8) is 0 Å². The third-order valence-electron chi connectivity index (χ3n) is 3.13. The molecule has 0 saturated heterocycles. The number of rotatable bonds is 7. The molecule has 0 spiro atoms. The fourth-order valence-electron chi connectivity index (χ4n) is 1.95. The summed E-state index contributed by atoms with van der Waals surface area (Å²) in [6.45, 7) is 3.00. The first kappa shape index (κ1) is 15.7. The number of anilines is 1. The van der Waals surface area contributed by atoms with E-state index in [1.54, 1.807) is 0 Å². The monoisotopic (exact) mass is 305 g/mol. The second kappa shape index (κ2) is 7.91. The molecule has 4 heteroatoms. The number of aryl methyl sites for hydroxylation is 1. The van der Waals surface area contributed by atoms with Crippen LogP contribution in [0.5, 0.6) is 5.75 Å². The second-order valence-corrected chi connectivity index (χ2v) is 5.25. The number of benzene rings is 2. The Hall–Kier alpha value is -1.71. The van der Waals surface area contributed by atoms with E-state index in [9.17, 15) is 5.11 Å². The lowest BCUT2D eigenvalue weighted by Gasteiger charge is -2.13. The summed E-state index contributed by atoms with van der Waals surface area (Å²) in [5.41, 5.74) is 3.14. The van der Waals surface area contributed by atoms with E-state index in [2.05, 4.69) is 5.32 Å². The lowest BCUT2D eigenvalue weighted by atomic mass is 10.2. The molecular weight excluding hydrogens is 286 g/mol. The van der Waals surface area contributed by atoms with Gasteiger partial charge in [-0.15, -0.1) is 11.6 Å². The first-order valence-corrected chi connectivity index (χ1v) is 7.48. The molecule has 2 N–H and O–H groups in total. The second-order valence-electron chi connectivity index (χ2n) is 4.94. The van der Waals surface area contributed by atoms with Gasteiger partial charge in [0.1, 0.15) is 12.4 Å². The van der Waals surface area contributed by atoms with E-state index in [-0.39, 0.29) is 5.88 Å². The van der Waals surface area contributed by atoms with Crippen LogP contribution in [0.3, 0.4) is 0 Å². The molecule has 0 aliphatic heterocycles. The smallest absolute Gasteiger partial charge is 0.122 e. The molecule has 2 aromatic rings. The zero-order chi connectivity index (χ0) is 15.1. The van der Waals surface area contributed by atoms with Gasteiger partial charge in [0.2, 0.25) is 0 Å². The first-order valence-electron chi connectivity index (χ1n) is 6.94. The standard InChI is InChI=1S/C17H20ClNO2/c1-13-9-15(19-11-16(20)10-18)7-8-17(13)21-12-14-5-3-2-4-6-14/h2-9,16,19-20H,10-12H2,1H3. The van der Waals surface area contributed by atoms with Crippen molar-refractivity contribution >= 4 is 17.3 Å². The Morgan fingerprint density at radius 3 is 2.62 bits per heavy atom. The van der Waals surface area contributed by atoms with Gasteiger partial charge in [-0.3, -0.25) is 0 Å². The molecule has 2 rings (SSSR count). The van der Waals surface area contributed by atoms with Gasteiger partial charge in [0, 0.05) is 12.2 Å². The molecular formula is C17H20ClNO2. The summed E-state index contributed by atoms with van der Waals surface area (Å²) in [5, 5.41) is 12.6. The molecule has 0 aliphatic rings. The number of hydrogen-bond acceptors (Lipinski definition) is 3. The van der Waals surface area contributed by atoms with Crippen LogP contribution in [0.15, 0.2) is 48.5 Å². The highest BCUT2D eigenvalue weighted by molar-refractivity contribution is 6.18. The molecule has 0 bridgehead atoms. The Morgan fingerprint density at radius 2 is 1.95 bits per heavy atom. The van der Waals surface area contributed by atoms with Gasteiger partial charge in [-0.1, -0.05) is 30.3 Å². The average Bonchev–Trinajstić information content (AvgIpc) is 2.52. The highest BCUT2D eigenvalue weighted by atomic mass is 35.5. The van der Waals surface area contributed by atoms with E-state index in [4.69, 9.17) is 16.3 Å². The predicted octanol–water partition coefficient (Wildman–Crippen LogP) is 3.59. The van der Waals surface area contributed by atoms with Crippen molar-refractivity contribution in [3.8, 4) is 5.75 Å². The van der Waals surface area contributed by atoms with E-state index in [0.717, 1.165) is 22.6 Å². The fourth-order valence-corrected chi connectivity index (χ4v) is 2.06. The highest BCUT2D eigenvalue weighted by Crippen LogP contribution is 2.23. The number of aliphatic hydroxyl groups is 1. The number of aliphatic hydroxyl groups excluding tert-OH is 1. The molecule has 0 fully saturated rings. The Labute approximate surface area is 130 Å². The molecule has 0 radical (unpaired) electrons. The van der Waals surface area contributed by atoms with E-state index in [1.165, 1.54) is 0 Å². The van der Waals surface area contributed by atoms with Gasteiger partial charge in [-0.25, -0.2) is 0 Å². The Balaban J connectivity index is 1.93. The molecule has 2 aromatic carbocycles. The van der Waals surface area contributed by atoms with Crippen LogP contribution >= 0.6 is 11.6 Å². The van der Waals surface area contributed by atoms with Gasteiger partial charge < -0.3 is 15.2 Å². The van der Waals surface area contributed by atoms with E-state index in [0.29, 0.717) is 13.2 Å². The molecule has 3 nitrogen and oxygen atoms in total. The van der Waals surface area contributed by atoms with Crippen LogP contribution in [0.4, 0.5) is 5.69 Å². The molecule has 112 valence electrons. The van der Waals surface area contributed by atoms with Crippen molar-refractivity contribution in [2.45, 2.75) is 19.6 Å². The van der Waals surface area contributed by atoms with E-state index < -0.39 is 6.10 Å². The summed E-state index contributed by atoms with van der Waals surface area (Å²) in [4.78, 5) is 0. The molecule has 0 amide bonds. The minimum atomic E-state index is -0.541. The van der Waals surface area contributed by atoms with Crippen LogP contribution in [0, 0.1) is 6.92 Å². The van der Waals surface area contributed by atoms with Crippen LogP contribution in [-0.4, -0.2) is 23.6 Å². The lowest BCUT2D eigenvalue weighted by Crippen LogP contribution is -2.20. The zero-order valence-corrected chi connectivity index (χ0v) is 12.8. The van der Waals surface area contributed by atoms with Crippen LogP contribution in [0.1, 0.15) is 11.1 Å². The van der Waals surface area contributed by atoms with Gasteiger partial charge in [0.15, 0.2) is 0 Å². The topological polar surface area (TPSA) is 41.5 Å². The molecule has 0 heterocycles. The maximum Gasteiger partial charge on any atom is 0.122 e. The maximum absolute atomic E-state index is 9.43. The molecule has 1 atom stereocenters. The minimum Gasteiger partial charge on any atom is -0.489 e. The van der Waals surface area contributed by atoms with Crippen LogP contribution in [-0.2, 0) is 6.61 Å². The summed E-state index contributed by atoms with van der Waals surface area (Å²) in [6.07, 6.45) is -0.541. The molecule has 0 aliphatic carbocycles. The van der Waals surface area contributed by atoms with Gasteiger partial charge in [0.05, 0.1) is 12.0 Å². The van der Waals surface area contributed by atoms with Crippen LogP contribution < -0.4 is 10.1 Å². The Morgan fingerprint density at radius 1 is 1.19 bits per heavy atom. The quantitative estimate of drug-likeness (QED) is 0.768. The minimum absolute atomic E-state index is 0.226. The summed E-state index contributed by atoms with van der Waals surface area (Å²) >= 11 is 5.56. The molecule has 0 aromatic heterocycles. The lowest BCUT2D eigenvalue weighted by molar-refractivity contribution is 0.211. The largest absolute Gasteiger partial charge is 0.489 e. The number of hydrogen-bond donors (Lipinski definition) is 2. The summed E-state index contributed by atoms with van der Waals surface area (Å²) in [5.74, 6) is 1.09. The van der Waals surface area contributed by atoms with Gasteiger partial charge in [0.25, 0.3) is 0 Å². The van der Waals surface area contributed by atoms with E-state index >= 15 is 0 Å². The summed E-state index contributed by atoms with van der Waals surface area (Å²) in [7, 11) is 0. The van der Waals surface area contributed by atoms with Crippen molar-refractivity contribution in [2.24, 2.45) is 0 Å². The van der Waals surface area contributed by atoms with Crippen molar-refractivity contribution < 1.29 is 9.84 Å². The number of ether oxygens (including phenoxy) is 1. The summed E-state index contributed by atoms with van der Waals surface area (Å²) < 4.78 is 5.83.